The summed E-state index contributed by atoms with van der Waals surface area (Å²) in [7, 11) is -3.00. The van der Waals surface area contributed by atoms with E-state index < -0.39 is 33.3 Å². The van der Waals surface area contributed by atoms with Crippen LogP contribution in [0.15, 0.2) is 47.4 Å². The van der Waals surface area contributed by atoms with Gasteiger partial charge in [0.05, 0.1) is 17.6 Å². The number of methoxy groups -OCH3 is 1. The van der Waals surface area contributed by atoms with Crippen molar-refractivity contribution in [2.45, 2.75) is 4.90 Å². The minimum absolute atomic E-state index is 0.151. The second kappa shape index (κ2) is 6.10. The molecular weight excluding hydrogens is 316 g/mol. The van der Waals surface area contributed by atoms with Gasteiger partial charge in [0.15, 0.2) is 0 Å². The smallest absolute Gasteiger partial charge is 0.337 e. The van der Waals surface area contributed by atoms with Gasteiger partial charge < -0.3 is 4.74 Å². The number of anilines is 1. The second-order valence-electron chi connectivity index (χ2n) is 4.22. The van der Waals surface area contributed by atoms with Crippen LogP contribution in [0.2, 0.25) is 0 Å². The predicted molar refractivity (Wildman–Crippen MR) is 74.9 cm³/mol. The van der Waals surface area contributed by atoms with Crippen molar-refractivity contribution in [1.82, 2.24) is 0 Å². The Balaban J connectivity index is 2.33. The molecule has 0 atom stereocenters. The number of carbonyl (C=O) groups excluding carboxylic acids is 1. The van der Waals surface area contributed by atoms with Crippen LogP contribution in [0.4, 0.5) is 14.5 Å². The Kier molecular flexibility index (Phi) is 4.41. The Hall–Kier alpha value is -2.48. The zero-order chi connectivity index (χ0) is 16.3. The molecule has 0 aliphatic carbocycles. The minimum atomic E-state index is -4.19. The van der Waals surface area contributed by atoms with Gasteiger partial charge in [-0.3, -0.25) is 4.72 Å². The summed E-state index contributed by atoms with van der Waals surface area (Å²) < 4.78 is 57.5. The summed E-state index contributed by atoms with van der Waals surface area (Å²) in [6.45, 7) is 0. The average molecular weight is 327 g/mol. The van der Waals surface area contributed by atoms with Gasteiger partial charge in [-0.25, -0.2) is 22.0 Å². The maximum atomic E-state index is 13.5. The Morgan fingerprint density at radius 1 is 1.05 bits per heavy atom. The summed E-state index contributed by atoms with van der Waals surface area (Å²) in [6, 6.07) is 7.72. The molecule has 0 aromatic heterocycles. The fraction of sp³-hybridized carbons (Fsp3) is 0.0714. The maximum Gasteiger partial charge on any atom is 0.337 e. The van der Waals surface area contributed by atoms with Gasteiger partial charge in [-0.05, 0) is 36.4 Å². The lowest BCUT2D eigenvalue weighted by Crippen LogP contribution is -2.15. The standard InChI is InChI=1S/C14H11F2NO4S/c1-21-14(18)9-5-7-10(8-6-9)22(19,20)17-13-11(15)3-2-4-12(13)16/h2-8,17H,1H3. The van der Waals surface area contributed by atoms with Crippen LogP contribution < -0.4 is 4.72 Å². The molecule has 5 nitrogen and oxygen atoms in total. The topological polar surface area (TPSA) is 72.5 Å². The van der Waals surface area contributed by atoms with E-state index in [4.69, 9.17) is 0 Å². The first kappa shape index (κ1) is 15.9. The van der Waals surface area contributed by atoms with Crippen LogP contribution in [0, 0.1) is 11.6 Å². The highest BCUT2D eigenvalue weighted by molar-refractivity contribution is 7.92. The molecule has 0 saturated carbocycles. The molecule has 8 heteroatoms. The molecule has 0 aliphatic rings. The Labute approximate surface area is 125 Å². The molecule has 2 aromatic rings. The zero-order valence-corrected chi connectivity index (χ0v) is 12.2. The summed E-state index contributed by atoms with van der Waals surface area (Å²) in [6.07, 6.45) is 0. The van der Waals surface area contributed by atoms with Gasteiger partial charge in [0.2, 0.25) is 0 Å². The van der Waals surface area contributed by atoms with Crippen molar-refractivity contribution in [3.63, 3.8) is 0 Å². The molecule has 0 amide bonds. The summed E-state index contributed by atoms with van der Waals surface area (Å²) in [5.41, 5.74) is -0.613. The first-order valence-electron chi connectivity index (χ1n) is 6.00. The van der Waals surface area contributed by atoms with Crippen molar-refractivity contribution in [3.8, 4) is 0 Å². The zero-order valence-electron chi connectivity index (χ0n) is 11.3. The van der Waals surface area contributed by atoms with Gasteiger partial charge in [0, 0.05) is 0 Å². The summed E-state index contributed by atoms with van der Waals surface area (Å²) >= 11 is 0. The normalized spacial score (nSPS) is 11.0. The molecule has 2 rings (SSSR count). The van der Waals surface area contributed by atoms with Crippen LogP contribution in [0.3, 0.4) is 0 Å². The molecule has 0 fully saturated rings. The van der Waals surface area contributed by atoms with E-state index in [0.29, 0.717) is 0 Å². The number of carbonyl (C=O) groups is 1. The minimum Gasteiger partial charge on any atom is -0.465 e. The highest BCUT2D eigenvalue weighted by Crippen LogP contribution is 2.22. The molecule has 0 saturated heterocycles. The molecule has 0 bridgehead atoms. The quantitative estimate of drug-likeness (QED) is 0.876. The molecular formula is C14H11F2NO4S. The van der Waals surface area contributed by atoms with Gasteiger partial charge in [0.1, 0.15) is 17.3 Å². The predicted octanol–water partition coefficient (Wildman–Crippen LogP) is 2.55. The highest BCUT2D eigenvalue weighted by atomic mass is 32.2. The monoisotopic (exact) mass is 327 g/mol. The summed E-state index contributed by atoms with van der Waals surface area (Å²) in [5.74, 6) is -2.69. The summed E-state index contributed by atoms with van der Waals surface area (Å²) in [5, 5.41) is 0. The fourth-order valence-corrected chi connectivity index (χ4v) is 2.75. The number of esters is 1. The van der Waals surface area contributed by atoms with Crippen LogP contribution in [-0.4, -0.2) is 21.5 Å². The Bertz CT molecular complexity index is 784. The van der Waals surface area contributed by atoms with Crippen LogP contribution in [-0.2, 0) is 14.8 Å². The largest absolute Gasteiger partial charge is 0.465 e. The van der Waals surface area contributed by atoms with Crippen molar-refractivity contribution in [3.05, 3.63) is 59.7 Å². The Morgan fingerprint density at radius 3 is 2.09 bits per heavy atom. The highest BCUT2D eigenvalue weighted by Gasteiger charge is 2.19. The first-order valence-corrected chi connectivity index (χ1v) is 7.48. The lowest BCUT2D eigenvalue weighted by atomic mass is 10.2. The summed E-state index contributed by atoms with van der Waals surface area (Å²) in [4.78, 5) is 11.0. The second-order valence-corrected chi connectivity index (χ2v) is 5.90. The number of rotatable bonds is 4. The molecule has 1 N–H and O–H groups in total. The molecule has 2 aromatic carbocycles. The number of sulfonamides is 1. The lowest BCUT2D eigenvalue weighted by Gasteiger charge is -2.10. The van der Waals surface area contributed by atoms with Crippen LogP contribution in [0.5, 0.6) is 0 Å². The number of nitrogens with one attached hydrogen (secondary N) is 1. The number of benzene rings is 2. The van der Waals surface area contributed by atoms with E-state index >= 15 is 0 Å². The third-order valence-corrected chi connectivity index (χ3v) is 4.15. The molecule has 0 unspecified atom stereocenters. The SMILES string of the molecule is COC(=O)c1ccc(S(=O)(=O)Nc2c(F)cccc2F)cc1. The third kappa shape index (κ3) is 3.22. The maximum absolute atomic E-state index is 13.5. The van der Waals surface area contributed by atoms with Crippen molar-refractivity contribution in [1.29, 1.82) is 0 Å². The van der Waals surface area contributed by atoms with Crippen LogP contribution >= 0.6 is 0 Å². The van der Waals surface area contributed by atoms with Gasteiger partial charge in [-0.15, -0.1) is 0 Å². The number of para-hydroxylation sites is 1. The molecule has 0 heterocycles. The first-order chi connectivity index (χ1) is 10.3. The van der Waals surface area contributed by atoms with Crippen molar-refractivity contribution >= 4 is 21.7 Å². The van der Waals surface area contributed by atoms with Crippen molar-refractivity contribution in [2.75, 3.05) is 11.8 Å². The van der Waals surface area contributed by atoms with Crippen molar-refractivity contribution < 1.29 is 26.7 Å². The number of ether oxygens (including phenoxy) is 1. The Morgan fingerprint density at radius 2 is 1.59 bits per heavy atom. The van der Waals surface area contributed by atoms with Crippen LogP contribution in [0.1, 0.15) is 10.4 Å². The van der Waals surface area contributed by atoms with E-state index in [-0.39, 0.29) is 10.5 Å². The number of hydrogen-bond donors (Lipinski definition) is 1. The molecule has 0 aliphatic heterocycles. The van der Waals surface area contributed by atoms with E-state index in [9.17, 15) is 22.0 Å². The van der Waals surface area contributed by atoms with Gasteiger partial charge in [-0.1, -0.05) is 6.07 Å². The average Bonchev–Trinajstić information content (AvgIpc) is 2.50. The van der Waals surface area contributed by atoms with Gasteiger partial charge in [0.25, 0.3) is 10.0 Å². The molecule has 0 radical (unpaired) electrons. The van der Waals surface area contributed by atoms with Gasteiger partial charge >= 0.3 is 5.97 Å². The van der Waals surface area contributed by atoms with E-state index in [1.807, 2.05) is 4.72 Å². The third-order valence-electron chi connectivity index (χ3n) is 2.78. The molecule has 116 valence electrons. The molecule has 0 spiro atoms. The molecule has 22 heavy (non-hydrogen) atoms. The van der Waals surface area contributed by atoms with E-state index in [1.165, 1.54) is 19.2 Å². The number of hydrogen-bond acceptors (Lipinski definition) is 4. The lowest BCUT2D eigenvalue weighted by molar-refractivity contribution is 0.0600. The van der Waals surface area contributed by atoms with E-state index in [0.717, 1.165) is 30.3 Å². The van der Waals surface area contributed by atoms with E-state index in [1.54, 1.807) is 0 Å². The van der Waals surface area contributed by atoms with E-state index in [2.05, 4.69) is 4.74 Å². The van der Waals surface area contributed by atoms with Crippen LogP contribution in [0.25, 0.3) is 0 Å². The fourth-order valence-electron chi connectivity index (χ4n) is 1.68. The van der Waals surface area contributed by atoms with Gasteiger partial charge in [-0.2, -0.15) is 0 Å². The van der Waals surface area contributed by atoms with Crippen molar-refractivity contribution in [2.24, 2.45) is 0 Å². The number of halogens is 2.